The van der Waals surface area contributed by atoms with Crippen LogP contribution in [-0.2, 0) is 0 Å². The molecule has 0 radical (unpaired) electrons. The number of allylic oxidation sites excluding steroid dienone is 1. The van der Waals surface area contributed by atoms with Crippen molar-refractivity contribution in [2.75, 3.05) is 72.8 Å². The highest BCUT2D eigenvalue weighted by atomic mass is 35.5. The molecule has 0 spiro atoms. The maximum Gasteiger partial charge on any atom is 0.223 e. The van der Waals surface area contributed by atoms with Crippen molar-refractivity contribution in [2.24, 2.45) is 0 Å². The van der Waals surface area contributed by atoms with E-state index in [2.05, 4.69) is 112 Å². The van der Waals surface area contributed by atoms with Gasteiger partial charge in [0.05, 0.1) is 29.9 Å². The maximum absolute atomic E-state index is 14.5. The number of nitrogens with one attached hydrogen (secondary N) is 8. The summed E-state index contributed by atoms with van der Waals surface area (Å²) in [5, 5.41) is 42.3. The van der Waals surface area contributed by atoms with Gasteiger partial charge in [-0.1, -0.05) is 53.5 Å². The molecule has 0 amide bonds. The monoisotopic (exact) mass is 1550 g/mol. The second kappa shape index (κ2) is 33.6. The minimum absolute atomic E-state index is 0.0631. The molecule has 12 heterocycles. The van der Waals surface area contributed by atoms with Gasteiger partial charge in [0.2, 0.25) is 5.95 Å². The number of halogens is 8. The van der Waals surface area contributed by atoms with Crippen molar-refractivity contribution in [3.8, 4) is 0 Å². The molecule has 0 bridgehead atoms. The summed E-state index contributed by atoms with van der Waals surface area (Å²) in [6, 6.07) is 31.7. The van der Waals surface area contributed by atoms with Crippen LogP contribution >= 0.6 is 23.2 Å². The number of nitrogens with two attached hydrogens (primary N) is 1. The van der Waals surface area contributed by atoms with Crippen LogP contribution in [0.3, 0.4) is 0 Å². The normalized spacial score (nSPS) is 18.0. The molecule has 2 aliphatic carbocycles. The molecule has 4 aliphatic heterocycles. The van der Waals surface area contributed by atoms with E-state index < -0.39 is 23.3 Å². The van der Waals surface area contributed by atoms with Crippen molar-refractivity contribution in [3.63, 3.8) is 0 Å². The van der Waals surface area contributed by atoms with Crippen molar-refractivity contribution in [2.45, 2.75) is 127 Å². The van der Waals surface area contributed by atoms with Crippen LogP contribution in [0.5, 0.6) is 0 Å². The average Bonchev–Trinajstić information content (AvgIpc) is 1.75. The fourth-order valence-corrected chi connectivity index (χ4v) is 14.9. The van der Waals surface area contributed by atoms with Gasteiger partial charge in [0.1, 0.15) is 100 Å². The van der Waals surface area contributed by atoms with E-state index in [4.69, 9.17) is 28.9 Å². The van der Waals surface area contributed by atoms with Crippen LogP contribution < -0.4 is 46.6 Å². The summed E-state index contributed by atoms with van der Waals surface area (Å²) in [6.07, 6.45) is 20.1. The maximum atomic E-state index is 14.5. The topological polar surface area (TPSA) is 305 Å². The van der Waals surface area contributed by atoms with Crippen molar-refractivity contribution in [1.82, 2.24) is 80.7 Å². The van der Waals surface area contributed by atoms with E-state index in [-0.39, 0.29) is 41.8 Å². The van der Waals surface area contributed by atoms with Gasteiger partial charge in [-0.25, -0.2) is 56.2 Å². The highest BCUT2D eigenvalue weighted by Gasteiger charge is 2.35. The number of H-pyrrole nitrogens is 4. The van der Waals surface area contributed by atoms with Crippen molar-refractivity contribution >= 4 is 105 Å². The lowest BCUT2D eigenvalue weighted by molar-refractivity contribution is 0.552. The predicted molar refractivity (Wildman–Crippen MR) is 416 cm³/mol. The first-order valence-corrected chi connectivity index (χ1v) is 37.6. The van der Waals surface area contributed by atoms with E-state index in [0.717, 1.165) is 124 Å². The molecule has 6 aliphatic rings. The molecule has 2 saturated carbocycles. The van der Waals surface area contributed by atoms with Gasteiger partial charge >= 0.3 is 0 Å². The number of rotatable bonds is 19. The summed E-state index contributed by atoms with van der Waals surface area (Å²) < 4.78 is 84.0. The highest BCUT2D eigenvalue weighted by Crippen LogP contribution is 2.44. The fourth-order valence-electron chi connectivity index (χ4n) is 14.6. The first kappa shape index (κ1) is 74.6. The number of hydrogen-bond donors (Lipinski definition) is 9. The van der Waals surface area contributed by atoms with Crippen LogP contribution in [0.2, 0.25) is 10.0 Å². The lowest BCUT2D eigenvalue weighted by Crippen LogP contribution is -2.25. The third-order valence-electron chi connectivity index (χ3n) is 20.1. The minimum Gasteiger partial charge on any atom is -0.368 e. The van der Waals surface area contributed by atoms with Crippen LogP contribution in [0.4, 0.5) is 102 Å². The summed E-state index contributed by atoms with van der Waals surface area (Å²) in [5.74, 6) is 6.55. The Morgan fingerprint density at radius 3 is 1.16 bits per heavy atom. The molecule has 4 saturated heterocycles. The standard InChI is InChI=1S/C20H21ClFN7.C20H20ClFN6.C20H20F2N6.C18H18F2N6/c21-12-5-6-13(14(22)8-12)16-2-1-7-29(16)19-10-17(25-20(23)26-19)24-18-9-15(27-28-18)11-3-4-11;21-13-5-6-14(15(22)8-13)17-2-1-7-28(17)20-10-18(23-11-24-20)25-19-9-16(26-27-19)12-3-4-12;1-2-4-14-10-19(27-26-14)25-18-11-20(24-12-23-18)28-8-3-5-17(28)15-7-6-13(21)9-16(15)22;1-11-7-17(25-24-11)23-16-9-18(22-10-21-16)26-6-2-3-15(26)13-5-4-12(19)8-14(13)20/h5-6,8-11,16H,1-4,7H2,(H4,23,24,25,26,27,28);5-6,8-12,17H,1-4,7H2,(H2,23,24,25,26,27);2,4,6-7,9-12,17H,3,5,8H2,1H3,(H2,23,24,25,26,27);4-5,7-10,15H,2-3,6H2,1H3,(H2,21,22,23,24,25)/b;;4-2+;. The lowest BCUT2D eigenvalue weighted by atomic mass is 10.0. The van der Waals surface area contributed by atoms with Crippen molar-refractivity contribution in [1.29, 1.82) is 0 Å². The minimum atomic E-state index is -0.574. The molecule has 12 aromatic rings. The van der Waals surface area contributed by atoms with Crippen LogP contribution in [-0.4, -0.2) is 107 Å². The number of hydrogen-bond acceptors (Lipinski definition) is 21. The summed E-state index contributed by atoms with van der Waals surface area (Å²) in [4.78, 5) is 42.8. The largest absolute Gasteiger partial charge is 0.368 e. The Hall–Kier alpha value is -11.9. The van der Waals surface area contributed by atoms with E-state index >= 15 is 0 Å². The van der Waals surface area contributed by atoms with E-state index in [9.17, 15) is 26.3 Å². The molecule has 25 nitrogen and oxygen atoms in total. The summed E-state index contributed by atoms with van der Waals surface area (Å²) in [5.41, 5.74) is 12.3. The number of aryl methyl sites for hydroxylation is 1. The zero-order chi connectivity index (χ0) is 76.7. The molecule has 18 rings (SSSR count). The Labute approximate surface area is 644 Å². The summed E-state index contributed by atoms with van der Waals surface area (Å²) in [7, 11) is 0. The third-order valence-corrected chi connectivity index (χ3v) is 20.5. The Kier molecular flexibility index (Phi) is 22.5. The van der Waals surface area contributed by atoms with E-state index in [0.29, 0.717) is 102 Å². The van der Waals surface area contributed by atoms with Crippen LogP contribution in [0.25, 0.3) is 6.08 Å². The number of anilines is 13. The third kappa shape index (κ3) is 18.2. The zero-order valence-electron chi connectivity index (χ0n) is 60.5. The molecule has 4 aromatic carbocycles. The molecule has 4 unspecified atom stereocenters. The first-order chi connectivity index (χ1) is 54.0. The Balaban J connectivity index is 0.000000117. The van der Waals surface area contributed by atoms with Crippen molar-refractivity contribution < 1.29 is 26.3 Å². The number of benzene rings is 4. The average molecular weight is 1550 g/mol. The molecule has 6 fully saturated rings. The Bertz CT molecular complexity index is 5260. The molecular weight excluding hydrogens is 1470 g/mol. The molecule has 111 heavy (non-hydrogen) atoms. The lowest BCUT2D eigenvalue weighted by Gasteiger charge is -2.27. The van der Waals surface area contributed by atoms with E-state index in [1.165, 1.54) is 81.1 Å². The van der Waals surface area contributed by atoms with Crippen LogP contribution in [0, 0.1) is 41.8 Å². The highest BCUT2D eigenvalue weighted by molar-refractivity contribution is 6.30. The number of nitrogens with zero attached hydrogens (tertiary/aromatic N) is 16. The Morgan fingerprint density at radius 2 is 0.766 bits per heavy atom. The second-order valence-corrected chi connectivity index (χ2v) is 28.8. The van der Waals surface area contributed by atoms with Crippen LogP contribution in [0.1, 0.15) is 165 Å². The summed E-state index contributed by atoms with van der Waals surface area (Å²) in [6.45, 7) is 6.91. The molecule has 4 atom stereocenters. The number of aromatic nitrogens is 16. The molecule has 572 valence electrons. The fraction of sp³-hybridized carbons (Fsp3) is 0.308. The SMILES string of the molecule is C/C=C/c1cc(Nc2cc(N3CCCC3c3ccc(F)cc3F)ncn2)n[nH]1.Cc1cc(Nc2cc(N3CCCC3c3ccc(F)cc3F)ncn2)n[nH]1.Fc1cc(Cl)ccc1C1CCCN1c1cc(Nc2cc(C3CC3)[nH]n2)ncn1.Nc1nc(Nc2cc(C3CC3)[nH]n2)cc(N2CCCC2c2ccc(Cl)cc2F)n1. The number of aromatic amines is 4. The summed E-state index contributed by atoms with van der Waals surface area (Å²) >= 11 is 11.8. The molecule has 8 aromatic heterocycles. The van der Waals surface area contributed by atoms with Gasteiger partial charge in [-0.15, -0.1) is 0 Å². The van der Waals surface area contributed by atoms with Gasteiger partial charge < -0.3 is 46.6 Å². The van der Waals surface area contributed by atoms with E-state index in [1.54, 1.807) is 24.3 Å². The van der Waals surface area contributed by atoms with E-state index in [1.807, 2.05) is 84.3 Å². The Morgan fingerprint density at radius 1 is 0.396 bits per heavy atom. The molecule has 10 N–H and O–H groups in total. The zero-order valence-corrected chi connectivity index (χ0v) is 62.0. The quantitative estimate of drug-likeness (QED) is 0.0340. The number of nitrogen functional groups attached to an aromatic ring is 1. The van der Waals surface area contributed by atoms with Gasteiger partial charge in [0.15, 0.2) is 23.3 Å². The molecular formula is C78H79Cl2F6N25. The van der Waals surface area contributed by atoms with Gasteiger partial charge in [0.25, 0.3) is 0 Å². The van der Waals surface area contributed by atoms with Gasteiger partial charge in [-0.2, -0.15) is 30.4 Å². The van der Waals surface area contributed by atoms with Gasteiger partial charge in [-0.3, -0.25) is 20.4 Å². The van der Waals surface area contributed by atoms with Crippen LogP contribution in [0.15, 0.2) is 146 Å². The second-order valence-electron chi connectivity index (χ2n) is 27.9. The van der Waals surface area contributed by atoms with Gasteiger partial charge in [-0.05, 0) is 133 Å². The van der Waals surface area contributed by atoms with Gasteiger partial charge in [0, 0.05) is 148 Å². The predicted octanol–water partition coefficient (Wildman–Crippen LogP) is 18.0. The smallest absolute Gasteiger partial charge is 0.223 e. The molecule has 33 heteroatoms. The van der Waals surface area contributed by atoms with Crippen molar-refractivity contribution in [3.05, 3.63) is 236 Å². The first-order valence-electron chi connectivity index (χ1n) is 36.8.